The Morgan fingerprint density at radius 2 is 2.70 bits per heavy atom. The second-order valence-electron chi connectivity index (χ2n) is 1.98. The molecular weight excluding hydrogens is 150 g/mol. The van der Waals surface area contributed by atoms with Gasteiger partial charge in [-0.05, 0) is 0 Å². The fraction of sp³-hybridized carbons (Fsp3) is 0.600. The van der Waals surface area contributed by atoms with E-state index < -0.39 is 0 Å². The predicted octanol–water partition coefficient (Wildman–Crippen LogP) is -1.01. The molecule has 1 heterocycles. The van der Waals surface area contributed by atoms with Gasteiger partial charge in [-0.1, -0.05) is 12.8 Å². The van der Waals surface area contributed by atoms with Crippen molar-refractivity contribution in [3.05, 3.63) is 0 Å². The van der Waals surface area contributed by atoms with Crippen LogP contribution in [0.15, 0.2) is 4.99 Å². The number of aliphatic imine (C=N–C) groups is 1. The van der Waals surface area contributed by atoms with Crippen molar-refractivity contribution in [3.63, 3.8) is 0 Å². The molecule has 0 aromatic heterocycles. The molecule has 1 aliphatic rings. The molecule has 5 heteroatoms. The van der Waals surface area contributed by atoms with E-state index in [1.54, 1.807) is 6.21 Å². The summed E-state index contributed by atoms with van der Waals surface area (Å²) in [6.07, 6.45) is 1.69. The average Bonchev–Trinajstić information content (AvgIpc) is 2.05. The van der Waals surface area contributed by atoms with Crippen molar-refractivity contribution in [1.29, 1.82) is 0 Å². The van der Waals surface area contributed by atoms with Crippen LogP contribution in [-0.4, -0.2) is 31.3 Å². The number of thiol groups is 1. The molecule has 0 bridgehead atoms. The molecule has 0 saturated carbocycles. The van der Waals surface area contributed by atoms with E-state index in [4.69, 9.17) is 0 Å². The van der Waals surface area contributed by atoms with Gasteiger partial charge in [0.15, 0.2) is 0 Å². The van der Waals surface area contributed by atoms with Gasteiger partial charge in [0, 0.05) is 19.3 Å². The maximum Gasteiger partial charge on any atom is 0.255 e. The van der Waals surface area contributed by atoms with Gasteiger partial charge in [0.1, 0.15) is 6.04 Å². The van der Waals surface area contributed by atoms with E-state index in [1.165, 1.54) is 0 Å². The summed E-state index contributed by atoms with van der Waals surface area (Å²) in [5.41, 5.74) is 0. The van der Waals surface area contributed by atoms with Crippen LogP contribution in [0, 0.1) is 0 Å². The maximum absolute atomic E-state index is 10.8. The van der Waals surface area contributed by atoms with Crippen molar-refractivity contribution in [2.24, 2.45) is 4.99 Å². The van der Waals surface area contributed by atoms with Crippen LogP contribution in [-0.2, 0) is 4.79 Å². The summed E-state index contributed by atoms with van der Waals surface area (Å²) in [5.74, 6) is -0.160. The summed E-state index contributed by atoms with van der Waals surface area (Å²) in [4.78, 5) is 14.8. The number of amides is 1. The number of nitrogens with one attached hydrogen (secondary N) is 2. The first-order valence-electron chi connectivity index (χ1n) is 3.01. The minimum atomic E-state index is -0.300. The normalized spacial score (nSPS) is 24.3. The molecule has 1 unspecified atom stereocenters. The summed E-state index contributed by atoms with van der Waals surface area (Å²) in [6, 6.07) is -0.300. The third kappa shape index (κ3) is 1.71. The molecule has 1 atom stereocenters. The molecule has 2 N–H and O–H groups in total. The Kier molecular flexibility index (Phi) is 2.70. The van der Waals surface area contributed by atoms with Crippen molar-refractivity contribution >= 4 is 24.9 Å². The van der Waals surface area contributed by atoms with Gasteiger partial charge >= 0.3 is 0 Å². The van der Waals surface area contributed by atoms with Gasteiger partial charge in [-0.2, -0.15) is 0 Å². The van der Waals surface area contributed by atoms with Crippen molar-refractivity contribution < 1.29 is 4.79 Å². The molecule has 0 aliphatic carbocycles. The van der Waals surface area contributed by atoms with Crippen molar-refractivity contribution in [1.82, 2.24) is 10.0 Å². The lowest BCUT2D eigenvalue weighted by molar-refractivity contribution is -0.120. The largest absolute Gasteiger partial charge is 0.309 e. The molecule has 1 rings (SSSR count). The predicted molar refractivity (Wildman–Crippen MR) is 42.3 cm³/mol. The SMILES string of the molecule is O=C(NS)C1CNCC=N1. The second-order valence-corrected chi connectivity index (χ2v) is 2.21. The van der Waals surface area contributed by atoms with E-state index in [9.17, 15) is 4.79 Å². The fourth-order valence-corrected chi connectivity index (χ4v) is 0.901. The van der Waals surface area contributed by atoms with E-state index in [0.29, 0.717) is 6.54 Å². The standard InChI is InChI=1S/C5H9N3OS/c9-5(8-10)4-3-6-1-2-7-4/h2,4,6,10H,1,3H2,(H,8,9). The second kappa shape index (κ2) is 3.58. The van der Waals surface area contributed by atoms with Gasteiger partial charge in [-0.3, -0.25) is 9.79 Å². The van der Waals surface area contributed by atoms with Gasteiger partial charge in [0.05, 0.1) is 0 Å². The quantitative estimate of drug-likeness (QED) is 0.429. The van der Waals surface area contributed by atoms with E-state index in [-0.39, 0.29) is 11.9 Å². The number of nitrogens with zero attached hydrogens (tertiary/aromatic N) is 1. The van der Waals surface area contributed by atoms with E-state index in [2.05, 4.69) is 27.8 Å². The molecule has 0 saturated heterocycles. The van der Waals surface area contributed by atoms with Gasteiger partial charge in [0.2, 0.25) is 0 Å². The molecule has 0 radical (unpaired) electrons. The lowest BCUT2D eigenvalue weighted by atomic mass is 10.2. The summed E-state index contributed by atoms with van der Waals surface area (Å²) in [7, 11) is 0. The van der Waals surface area contributed by atoms with Crippen molar-refractivity contribution in [2.75, 3.05) is 13.1 Å². The molecule has 0 spiro atoms. The van der Waals surface area contributed by atoms with Crippen molar-refractivity contribution in [2.45, 2.75) is 6.04 Å². The number of hydrogen-bond donors (Lipinski definition) is 3. The fourth-order valence-electron chi connectivity index (χ4n) is 0.752. The molecular formula is C5H9N3OS. The summed E-state index contributed by atoms with van der Waals surface area (Å²) < 4.78 is 2.24. The first kappa shape index (κ1) is 7.56. The lowest BCUT2D eigenvalue weighted by Gasteiger charge is -2.14. The minimum Gasteiger partial charge on any atom is -0.309 e. The third-order valence-corrected chi connectivity index (χ3v) is 1.49. The molecule has 0 aromatic carbocycles. The molecule has 1 aliphatic heterocycles. The van der Waals surface area contributed by atoms with Gasteiger partial charge in [-0.15, -0.1) is 0 Å². The zero-order valence-corrected chi connectivity index (χ0v) is 6.27. The summed E-state index contributed by atoms with van der Waals surface area (Å²) >= 11 is 3.62. The number of hydrogen-bond acceptors (Lipinski definition) is 4. The molecule has 0 aromatic rings. The highest BCUT2D eigenvalue weighted by atomic mass is 32.1. The zero-order valence-electron chi connectivity index (χ0n) is 5.37. The lowest BCUT2D eigenvalue weighted by Crippen LogP contribution is -2.40. The Morgan fingerprint density at radius 1 is 1.90 bits per heavy atom. The highest BCUT2D eigenvalue weighted by Crippen LogP contribution is 1.92. The molecule has 4 nitrogen and oxygen atoms in total. The van der Waals surface area contributed by atoms with Crippen LogP contribution < -0.4 is 10.0 Å². The van der Waals surface area contributed by atoms with Crippen LogP contribution in [0.4, 0.5) is 0 Å². The monoisotopic (exact) mass is 159 g/mol. The van der Waals surface area contributed by atoms with Gasteiger partial charge < -0.3 is 10.0 Å². The Hall–Kier alpha value is -0.550. The smallest absolute Gasteiger partial charge is 0.255 e. The van der Waals surface area contributed by atoms with E-state index >= 15 is 0 Å². The minimum absolute atomic E-state index is 0.160. The highest BCUT2D eigenvalue weighted by molar-refractivity contribution is 7.78. The van der Waals surface area contributed by atoms with E-state index in [1.807, 2.05) is 0 Å². The molecule has 0 fully saturated rings. The topological polar surface area (TPSA) is 53.5 Å². The number of carbonyl (C=O) groups excluding carboxylic acids is 1. The van der Waals surface area contributed by atoms with Crippen molar-refractivity contribution in [3.8, 4) is 0 Å². The third-order valence-electron chi connectivity index (χ3n) is 1.27. The molecule has 10 heavy (non-hydrogen) atoms. The van der Waals surface area contributed by atoms with Gasteiger partial charge in [0.25, 0.3) is 5.91 Å². The molecule has 56 valence electrons. The van der Waals surface area contributed by atoms with Gasteiger partial charge in [-0.25, -0.2) is 0 Å². The van der Waals surface area contributed by atoms with Crippen LogP contribution in [0.3, 0.4) is 0 Å². The Bertz CT molecular complexity index is 159. The first-order chi connectivity index (χ1) is 4.84. The average molecular weight is 159 g/mol. The highest BCUT2D eigenvalue weighted by Gasteiger charge is 2.16. The summed E-state index contributed by atoms with van der Waals surface area (Å²) in [5, 5.41) is 3.01. The number of rotatable bonds is 1. The van der Waals surface area contributed by atoms with Crippen LogP contribution in [0.1, 0.15) is 0 Å². The molecule has 1 amide bonds. The van der Waals surface area contributed by atoms with Crippen LogP contribution in [0.2, 0.25) is 0 Å². The maximum atomic E-state index is 10.8. The van der Waals surface area contributed by atoms with Crippen LogP contribution in [0.25, 0.3) is 0 Å². The Balaban J connectivity index is 2.46. The van der Waals surface area contributed by atoms with E-state index in [0.717, 1.165) is 6.54 Å². The zero-order chi connectivity index (χ0) is 7.40. The Labute approximate surface area is 64.6 Å². The Morgan fingerprint density at radius 3 is 3.20 bits per heavy atom. The van der Waals surface area contributed by atoms with Crippen LogP contribution >= 0.6 is 12.8 Å². The summed E-state index contributed by atoms with van der Waals surface area (Å²) in [6.45, 7) is 1.35. The first-order valence-corrected chi connectivity index (χ1v) is 3.45. The number of carbonyl (C=O) groups is 1. The van der Waals surface area contributed by atoms with Crippen LogP contribution in [0.5, 0.6) is 0 Å².